The van der Waals surface area contributed by atoms with Crippen molar-refractivity contribution in [3.8, 4) is 0 Å². The van der Waals surface area contributed by atoms with E-state index in [9.17, 15) is 13.6 Å². The molecule has 100 valence electrons. The van der Waals surface area contributed by atoms with E-state index in [-0.39, 0.29) is 4.90 Å². The molecular weight excluding hydrogens is 274 g/mol. The molecule has 0 saturated heterocycles. The van der Waals surface area contributed by atoms with Gasteiger partial charge < -0.3 is 5.11 Å². The van der Waals surface area contributed by atoms with E-state index in [2.05, 4.69) is 5.10 Å². The van der Waals surface area contributed by atoms with Crippen LogP contribution in [-0.4, -0.2) is 20.9 Å². The molecule has 0 saturated carbocycles. The quantitative estimate of drug-likeness (QED) is 0.941. The number of nitrogens with zero attached hydrogens (tertiary/aromatic N) is 2. The zero-order valence-electron chi connectivity index (χ0n) is 10.1. The van der Waals surface area contributed by atoms with Gasteiger partial charge in [-0.25, -0.2) is 13.6 Å². The van der Waals surface area contributed by atoms with Gasteiger partial charge in [-0.15, -0.1) is 0 Å². The van der Waals surface area contributed by atoms with Gasteiger partial charge in [-0.05, 0) is 25.1 Å². The summed E-state index contributed by atoms with van der Waals surface area (Å²) in [5.74, 6) is -3.17. The number of hydrogen-bond donors (Lipinski definition) is 1. The average Bonchev–Trinajstić information content (AvgIpc) is 2.62. The second-order valence-corrected chi connectivity index (χ2v) is 4.95. The summed E-state index contributed by atoms with van der Waals surface area (Å²) in [5, 5.41) is 13.3. The van der Waals surface area contributed by atoms with Crippen LogP contribution < -0.4 is 0 Å². The Hall–Kier alpha value is -1.89. The molecule has 1 N–H and O–H groups in total. The number of benzene rings is 1. The largest absolute Gasteiger partial charge is 0.478 e. The number of aromatic nitrogens is 2. The highest BCUT2D eigenvalue weighted by molar-refractivity contribution is 7.99. The van der Waals surface area contributed by atoms with Crippen molar-refractivity contribution in [3.63, 3.8) is 0 Å². The van der Waals surface area contributed by atoms with E-state index < -0.39 is 23.2 Å². The lowest BCUT2D eigenvalue weighted by molar-refractivity contribution is 0.0695. The highest BCUT2D eigenvalue weighted by Gasteiger charge is 2.17. The van der Waals surface area contributed by atoms with E-state index in [0.717, 1.165) is 29.6 Å². The van der Waals surface area contributed by atoms with Gasteiger partial charge in [0.1, 0.15) is 11.6 Å². The van der Waals surface area contributed by atoms with Gasteiger partial charge in [0.25, 0.3) is 0 Å². The van der Waals surface area contributed by atoms with E-state index in [1.54, 1.807) is 20.0 Å². The van der Waals surface area contributed by atoms with Crippen LogP contribution in [0.15, 0.2) is 28.1 Å². The van der Waals surface area contributed by atoms with Gasteiger partial charge in [0, 0.05) is 7.05 Å². The van der Waals surface area contributed by atoms with Gasteiger partial charge >= 0.3 is 5.97 Å². The van der Waals surface area contributed by atoms with Crippen LogP contribution in [0.2, 0.25) is 0 Å². The minimum atomic E-state index is -1.37. The Labute approximate surface area is 112 Å². The highest BCUT2D eigenvalue weighted by Crippen LogP contribution is 2.32. The van der Waals surface area contributed by atoms with E-state index >= 15 is 0 Å². The van der Waals surface area contributed by atoms with Gasteiger partial charge in [0.05, 0.1) is 21.2 Å². The summed E-state index contributed by atoms with van der Waals surface area (Å²) in [6, 6.07) is 3.29. The Bertz CT molecular complexity index is 632. The van der Waals surface area contributed by atoms with Gasteiger partial charge in [-0.2, -0.15) is 5.10 Å². The standard InChI is InChI=1S/C12H10F2N2O2S/c1-6-3-10(16(2)15-6)19-11-8(13)4-7(12(17)18)5-9(11)14/h3-5H,1-2H3,(H,17,18). The second-order valence-electron chi connectivity index (χ2n) is 3.92. The topological polar surface area (TPSA) is 55.1 Å². The zero-order chi connectivity index (χ0) is 14.2. The Morgan fingerprint density at radius 1 is 1.32 bits per heavy atom. The molecular formula is C12H10F2N2O2S. The molecule has 1 aromatic carbocycles. The summed E-state index contributed by atoms with van der Waals surface area (Å²) in [5.41, 5.74) is 0.313. The van der Waals surface area contributed by atoms with Gasteiger partial charge in [-0.1, -0.05) is 11.8 Å². The lowest BCUT2D eigenvalue weighted by Crippen LogP contribution is -2.01. The predicted molar refractivity (Wildman–Crippen MR) is 65.4 cm³/mol. The summed E-state index contributed by atoms with van der Waals surface area (Å²) in [6.45, 7) is 1.77. The number of rotatable bonds is 3. The van der Waals surface area contributed by atoms with Crippen LogP contribution in [0.25, 0.3) is 0 Å². The first-order valence-corrected chi connectivity index (χ1v) is 6.11. The number of carbonyl (C=O) groups is 1. The molecule has 0 bridgehead atoms. The number of aryl methyl sites for hydroxylation is 2. The summed E-state index contributed by atoms with van der Waals surface area (Å²) in [4.78, 5) is 10.4. The highest BCUT2D eigenvalue weighted by atomic mass is 32.2. The van der Waals surface area contributed by atoms with Crippen molar-refractivity contribution in [1.82, 2.24) is 9.78 Å². The maximum Gasteiger partial charge on any atom is 0.335 e. The van der Waals surface area contributed by atoms with Crippen LogP contribution >= 0.6 is 11.8 Å². The zero-order valence-corrected chi connectivity index (χ0v) is 11.0. The fraction of sp³-hybridized carbons (Fsp3) is 0.167. The average molecular weight is 284 g/mol. The summed E-state index contributed by atoms with van der Waals surface area (Å²) in [7, 11) is 1.66. The lowest BCUT2D eigenvalue weighted by Gasteiger charge is -2.06. The van der Waals surface area contributed by atoms with E-state index in [0.29, 0.717) is 5.03 Å². The smallest absolute Gasteiger partial charge is 0.335 e. The molecule has 4 nitrogen and oxygen atoms in total. The Kier molecular flexibility index (Phi) is 3.57. The third-order valence-corrected chi connectivity index (χ3v) is 3.60. The minimum Gasteiger partial charge on any atom is -0.478 e. The van der Waals surface area contributed by atoms with Crippen LogP contribution in [0, 0.1) is 18.6 Å². The fourth-order valence-corrected chi connectivity index (χ4v) is 2.49. The molecule has 0 spiro atoms. The van der Waals surface area contributed by atoms with Crippen molar-refractivity contribution in [2.24, 2.45) is 7.05 Å². The first-order chi connectivity index (χ1) is 8.88. The number of aromatic carboxylic acids is 1. The van der Waals surface area contributed by atoms with Gasteiger partial charge in [-0.3, -0.25) is 4.68 Å². The van der Waals surface area contributed by atoms with Crippen LogP contribution in [-0.2, 0) is 7.05 Å². The lowest BCUT2D eigenvalue weighted by atomic mass is 10.2. The van der Waals surface area contributed by atoms with Gasteiger partial charge in [0.15, 0.2) is 0 Å². The van der Waals surface area contributed by atoms with E-state index in [4.69, 9.17) is 5.11 Å². The molecule has 0 amide bonds. The van der Waals surface area contributed by atoms with Crippen LogP contribution in [0.1, 0.15) is 16.1 Å². The number of carboxylic acid groups (broad SMARTS) is 1. The molecule has 1 aromatic heterocycles. The van der Waals surface area contributed by atoms with Crippen LogP contribution in [0.4, 0.5) is 8.78 Å². The molecule has 1 heterocycles. The Morgan fingerprint density at radius 2 is 1.89 bits per heavy atom. The minimum absolute atomic E-state index is 0.243. The van der Waals surface area contributed by atoms with Crippen molar-refractivity contribution in [2.45, 2.75) is 16.8 Å². The maximum atomic E-state index is 13.7. The summed E-state index contributed by atoms with van der Waals surface area (Å²) >= 11 is 0.866. The Morgan fingerprint density at radius 3 is 2.32 bits per heavy atom. The summed E-state index contributed by atoms with van der Waals surface area (Å²) < 4.78 is 29.0. The maximum absolute atomic E-state index is 13.7. The molecule has 0 aliphatic rings. The van der Waals surface area contributed by atoms with E-state index in [1.165, 1.54) is 4.68 Å². The van der Waals surface area contributed by atoms with Crippen molar-refractivity contribution >= 4 is 17.7 Å². The molecule has 0 aliphatic heterocycles. The van der Waals surface area contributed by atoms with Crippen LogP contribution in [0.5, 0.6) is 0 Å². The number of carboxylic acids is 1. The molecule has 19 heavy (non-hydrogen) atoms. The molecule has 2 aromatic rings. The predicted octanol–water partition coefficient (Wildman–Crippen LogP) is 2.86. The second kappa shape index (κ2) is 5.00. The molecule has 0 aliphatic carbocycles. The third-order valence-electron chi connectivity index (χ3n) is 2.41. The molecule has 0 atom stereocenters. The van der Waals surface area contributed by atoms with Crippen molar-refractivity contribution in [3.05, 3.63) is 41.1 Å². The number of hydrogen-bond acceptors (Lipinski definition) is 3. The van der Waals surface area contributed by atoms with Crippen molar-refractivity contribution in [2.75, 3.05) is 0 Å². The fourth-order valence-electron chi connectivity index (χ4n) is 1.57. The SMILES string of the molecule is Cc1cc(Sc2c(F)cc(C(=O)O)cc2F)n(C)n1. The molecule has 0 unspecified atom stereocenters. The number of halogens is 2. The molecule has 2 rings (SSSR count). The Balaban J connectivity index is 2.41. The summed E-state index contributed by atoms with van der Waals surface area (Å²) in [6.07, 6.45) is 0. The third kappa shape index (κ3) is 2.76. The molecule has 7 heteroatoms. The monoisotopic (exact) mass is 284 g/mol. The first kappa shape index (κ1) is 13.5. The van der Waals surface area contributed by atoms with E-state index in [1.807, 2.05) is 0 Å². The van der Waals surface area contributed by atoms with Crippen LogP contribution in [0.3, 0.4) is 0 Å². The van der Waals surface area contributed by atoms with Crippen molar-refractivity contribution in [1.29, 1.82) is 0 Å². The molecule has 0 radical (unpaired) electrons. The van der Waals surface area contributed by atoms with Crippen molar-refractivity contribution < 1.29 is 18.7 Å². The first-order valence-electron chi connectivity index (χ1n) is 5.29. The normalized spacial score (nSPS) is 10.7. The molecule has 0 fully saturated rings. The van der Waals surface area contributed by atoms with Gasteiger partial charge in [0.2, 0.25) is 0 Å².